The number of ketones is 1. The van der Waals surface area contributed by atoms with Crippen molar-refractivity contribution in [1.82, 2.24) is 0 Å². The van der Waals surface area contributed by atoms with Gasteiger partial charge in [-0.25, -0.2) is 0 Å². The number of ether oxygens (including phenoxy) is 3. The summed E-state index contributed by atoms with van der Waals surface area (Å²) in [5.41, 5.74) is 2.60. The topological polar surface area (TPSA) is 65.1 Å². The summed E-state index contributed by atoms with van der Waals surface area (Å²) < 4.78 is 15.8. The van der Waals surface area contributed by atoms with Gasteiger partial charge in [0.05, 0.1) is 26.5 Å². The molecule has 0 aromatic heterocycles. The van der Waals surface area contributed by atoms with Crippen LogP contribution >= 0.6 is 0 Å². The number of carbonyl (C=O) groups is 2. The maximum absolute atomic E-state index is 12.1. The first kappa shape index (κ1) is 18.8. The normalized spacial score (nSPS) is 14.0. The molecule has 27 heavy (non-hydrogen) atoms. The molecule has 0 saturated heterocycles. The van der Waals surface area contributed by atoms with Crippen molar-refractivity contribution in [1.29, 1.82) is 0 Å². The Kier molecular flexibility index (Phi) is 5.64. The molecule has 0 saturated carbocycles. The van der Waals surface area contributed by atoms with Crippen molar-refractivity contribution in [3.63, 3.8) is 0 Å². The van der Waals surface area contributed by atoms with Crippen LogP contribution in [0.25, 0.3) is 0 Å². The second-order valence-electron chi connectivity index (χ2n) is 6.41. The van der Waals surface area contributed by atoms with Crippen LogP contribution in [0, 0.1) is 0 Å². The molecule has 0 amide bonds. The molecule has 6 nitrogen and oxygen atoms in total. The van der Waals surface area contributed by atoms with Gasteiger partial charge >= 0.3 is 5.97 Å². The fourth-order valence-corrected chi connectivity index (χ4v) is 3.24. The molecule has 1 heterocycles. The molecule has 1 unspecified atom stereocenters. The van der Waals surface area contributed by atoms with Gasteiger partial charge in [-0.2, -0.15) is 0 Å². The summed E-state index contributed by atoms with van der Waals surface area (Å²) in [6, 6.07) is 13.3. The first-order chi connectivity index (χ1) is 13.0. The molecule has 142 valence electrons. The second-order valence-corrected chi connectivity index (χ2v) is 6.41. The highest BCUT2D eigenvalue weighted by molar-refractivity contribution is 6.03. The lowest BCUT2D eigenvalue weighted by Gasteiger charge is -2.32. The van der Waals surface area contributed by atoms with E-state index in [0.717, 1.165) is 22.7 Å². The third-order valence-corrected chi connectivity index (χ3v) is 4.65. The van der Waals surface area contributed by atoms with Crippen molar-refractivity contribution in [2.45, 2.75) is 19.4 Å². The van der Waals surface area contributed by atoms with Crippen LogP contribution in [-0.4, -0.2) is 39.1 Å². The minimum atomic E-state index is -0.926. The Hall–Kier alpha value is -3.02. The van der Waals surface area contributed by atoms with Crippen LogP contribution in [0.3, 0.4) is 0 Å². The average Bonchev–Trinajstić information content (AvgIpc) is 2.68. The molecule has 2 aromatic rings. The number of esters is 1. The van der Waals surface area contributed by atoms with E-state index in [1.165, 1.54) is 14.0 Å². The van der Waals surface area contributed by atoms with E-state index in [9.17, 15) is 9.59 Å². The van der Waals surface area contributed by atoms with Crippen molar-refractivity contribution >= 4 is 17.4 Å². The Bertz CT molecular complexity index is 831. The SMILES string of the molecule is COC(=O)C(C(C)=O)c1ccc2c(c1)N(Cc1ccc(OC)cc1)CCO2. The van der Waals surface area contributed by atoms with Crippen molar-refractivity contribution in [2.24, 2.45) is 0 Å². The predicted molar refractivity (Wildman–Crippen MR) is 101 cm³/mol. The fourth-order valence-electron chi connectivity index (χ4n) is 3.24. The van der Waals surface area contributed by atoms with Gasteiger partial charge in [-0.3, -0.25) is 9.59 Å². The highest BCUT2D eigenvalue weighted by atomic mass is 16.5. The zero-order chi connectivity index (χ0) is 19.4. The monoisotopic (exact) mass is 369 g/mol. The van der Waals surface area contributed by atoms with Gasteiger partial charge in [0.25, 0.3) is 0 Å². The zero-order valence-corrected chi connectivity index (χ0v) is 15.7. The lowest BCUT2D eigenvalue weighted by Crippen LogP contribution is -2.32. The van der Waals surface area contributed by atoms with Crippen LogP contribution in [0.15, 0.2) is 42.5 Å². The molecule has 2 aromatic carbocycles. The summed E-state index contributed by atoms with van der Waals surface area (Å²) in [4.78, 5) is 26.2. The van der Waals surface area contributed by atoms with E-state index in [1.54, 1.807) is 13.2 Å². The molecule has 1 aliphatic heterocycles. The largest absolute Gasteiger partial charge is 0.497 e. The van der Waals surface area contributed by atoms with Crippen LogP contribution in [0.5, 0.6) is 11.5 Å². The highest BCUT2D eigenvalue weighted by Gasteiger charge is 2.28. The van der Waals surface area contributed by atoms with E-state index in [0.29, 0.717) is 25.3 Å². The molecule has 1 atom stereocenters. The average molecular weight is 369 g/mol. The van der Waals surface area contributed by atoms with E-state index >= 15 is 0 Å². The number of benzene rings is 2. The van der Waals surface area contributed by atoms with Gasteiger partial charge in [-0.1, -0.05) is 18.2 Å². The molecule has 0 bridgehead atoms. The summed E-state index contributed by atoms with van der Waals surface area (Å²) in [5.74, 6) is -0.178. The molecule has 0 fully saturated rings. The van der Waals surface area contributed by atoms with Gasteiger partial charge in [0, 0.05) is 6.54 Å². The van der Waals surface area contributed by atoms with Gasteiger partial charge < -0.3 is 19.1 Å². The van der Waals surface area contributed by atoms with E-state index < -0.39 is 11.9 Å². The van der Waals surface area contributed by atoms with Gasteiger partial charge in [0.15, 0.2) is 0 Å². The number of Topliss-reactive ketones (excluding diaryl/α,β-unsaturated/α-hetero) is 1. The lowest BCUT2D eigenvalue weighted by molar-refractivity contribution is -0.145. The summed E-state index contributed by atoms with van der Waals surface area (Å²) in [6.07, 6.45) is 0. The van der Waals surface area contributed by atoms with E-state index in [1.807, 2.05) is 36.4 Å². The first-order valence-corrected chi connectivity index (χ1v) is 8.76. The van der Waals surface area contributed by atoms with Crippen molar-refractivity contribution in [2.75, 3.05) is 32.3 Å². The number of fused-ring (bicyclic) bond motifs is 1. The Morgan fingerprint density at radius 3 is 2.52 bits per heavy atom. The number of anilines is 1. The molecular formula is C21H23NO5. The molecule has 0 radical (unpaired) electrons. The Morgan fingerprint density at radius 2 is 1.89 bits per heavy atom. The Morgan fingerprint density at radius 1 is 1.15 bits per heavy atom. The molecule has 0 aliphatic carbocycles. The maximum atomic E-state index is 12.1. The standard InChI is InChI=1S/C21H23NO5/c1-14(23)20(21(24)26-3)16-6-9-19-18(12-16)22(10-11-27-19)13-15-4-7-17(25-2)8-5-15/h4-9,12,20H,10-11,13H2,1-3H3. The zero-order valence-electron chi connectivity index (χ0n) is 15.7. The molecular weight excluding hydrogens is 346 g/mol. The number of nitrogens with zero attached hydrogens (tertiary/aromatic N) is 1. The third-order valence-electron chi connectivity index (χ3n) is 4.65. The number of hydrogen-bond acceptors (Lipinski definition) is 6. The minimum Gasteiger partial charge on any atom is -0.497 e. The quantitative estimate of drug-likeness (QED) is 0.576. The van der Waals surface area contributed by atoms with E-state index in [2.05, 4.69) is 4.90 Å². The van der Waals surface area contributed by atoms with Crippen LogP contribution < -0.4 is 14.4 Å². The van der Waals surface area contributed by atoms with Crippen molar-refractivity contribution < 1.29 is 23.8 Å². The van der Waals surface area contributed by atoms with E-state index in [-0.39, 0.29) is 5.78 Å². The van der Waals surface area contributed by atoms with Crippen LogP contribution in [0.1, 0.15) is 24.0 Å². The van der Waals surface area contributed by atoms with E-state index in [4.69, 9.17) is 14.2 Å². The minimum absolute atomic E-state index is 0.250. The molecule has 0 N–H and O–H groups in total. The van der Waals surface area contributed by atoms with Crippen LogP contribution in [0.2, 0.25) is 0 Å². The number of hydrogen-bond donors (Lipinski definition) is 0. The van der Waals surface area contributed by atoms with Crippen LogP contribution in [-0.2, 0) is 20.9 Å². The molecule has 3 rings (SSSR count). The summed E-state index contributed by atoms with van der Waals surface area (Å²) >= 11 is 0. The fraction of sp³-hybridized carbons (Fsp3) is 0.333. The van der Waals surface area contributed by atoms with Gasteiger partial charge in [0.2, 0.25) is 0 Å². The maximum Gasteiger partial charge on any atom is 0.320 e. The van der Waals surface area contributed by atoms with Gasteiger partial charge in [-0.15, -0.1) is 0 Å². The molecule has 6 heteroatoms. The summed E-state index contributed by atoms with van der Waals surface area (Å²) in [6.45, 7) is 3.38. The predicted octanol–water partition coefficient (Wildman–Crippen LogP) is 2.94. The third kappa shape index (κ3) is 4.05. The van der Waals surface area contributed by atoms with Gasteiger partial charge in [0.1, 0.15) is 29.8 Å². The van der Waals surface area contributed by atoms with Crippen LogP contribution in [0.4, 0.5) is 5.69 Å². The molecule has 0 spiro atoms. The highest BCUT2D eigenvalue weighted by Crippen LogP contribution is 2.36. The number of methoxy groups -OCH3 is 2. The molecule has 1 aliphatic rings. The van der Waals surface area contributed by atoms with Gasteiger partial charge in [-0.05, 0) is 42.3 Å². The number of carbonyl (C=O) groups excluding carboxylic acids is 2. The Balaban J connectivity index is 1.90. The summed E-state index contributed by atoms with van der Waals surface area (Å²) in [7, 11) is 2.93. The first-order valence-electron chi connectivity index (χ1n) is 8.76. The Labute approximate surface area is 158 Å². The number of rotatable bonds is 6. The smallest absolute Gasteiger partial charge is 0.320 e. The van der Waals surface area contributed by atoms with Crippen molar-refractivity contribution in [3.8, 4) is 11.5 Å². The lowest BCUT2D eigenvalue weighted by atomic mass is 9.94. The summed E-state index contributed by atoms with van der Waals surface area (Å²) in [5, 5.41) is 0. The second kappa shape index (κ2) is 8.12. The van der Waals surface area contributed by atoms with Crippen molar-refractivity contribution in [3.05, 3.63) is 53.6 Å².